The lowest BCUT2D eigenvalue weighted by Crippen LogP contribution is -2.83. The Morgan fingerprint density at radius 2 is 2.04 bits per heavy atom. The molecule has 4 nitrogen and oxygen atoms in total. The predicted octanol–water partition coefficient (Wildman–Crippen LogP) is 2.49. The van der Waals surface area contributed by atoms with Crippen LogP contribution in [0.25, 0.3) is 10.9 Å². The monoisotopic (exact) mass is 310 g/mol. The average molecular weight is 310 g/mol. The van der Waals surface area contributed by atoms with E-state index >= 15 is 0 Å². The van der Waals surface area contributed by atoms with Gasteiger partial charge in [-0.05, 0) is 49.7 Å². The average Bonchev–Trinajstić information content (AvgIpc) is 2.86. The van der Waals surface area contributed by atoms with Crippen molar-refractivity contribution in [3.63, 3.8) is 0 Å². The van der Waals surface area contributed by atoms with Crippen LogP contribution in [0.5, 0.6) is 5.75 Å². The van der Waals surface area contributed by atoms with Crippen molar-refractivity contribution in [1.82, 2.24) is 9.97 Å². The molecule has 1 aromatic carbocycles. The van der Waals surface area contributed by atoms with Crippen molar-refractivity contribution in [2.24, 2.45) is 0 Å². The van der Waals surface area contributed by atoms with Gasteiger partial charge >= 0.3 is 0 Å². The van der Waals surface area contributed by atoms with E-state index in [0.717, 1.165) is 36.6 Å². The lowest BCUT2D eigenvalue weighted by molar-refractivity contribution is -0.670. The first-order valence-electron chi connectivity index (χ1n) is 8.07. The molecule has 0 unspecified atom stereocenters. The molecule has 2 heterocycles. The van der Waals surface area contributed by atoms with Crippen molar-refractivity contribution >= 4 is 10.9 Å². The second-order valence-corrected chi connectivity index (χ2v) is 5.94. The van der Waals surface area contributed by atoms with Gasteiger partial charge in [-0.25, -0.2) is 0 Å². The van der Waals surface area contributed by atoms with E-state index in [4.69, 9.17) is 4.74 Å². The Morgan fingerprint density at radius 3 is 2.83 bits per heavy atom. The lowest BCUT2D eigenvalue weighted by atomic mass is 10.1. The number of methoxy groups -OCH3 is 1. The van der Waals surface area contributed by atoms with Gasteiger partial charge < -0.3 is 15.0 Å². The molecule has 120 valence electrons. The van der Waals surface area contributed by atoms with Crippen molar-refractivity contribution in [3.05, 3.63) is 59.0 Å². The van der Waals surface area contributed by atoms with E-state index in [9.17, 15) is 0 Å². The smallest absolute Gasteiger partial charge is 0.119 e. The number of nitrogens with zero attached hydrogens (tertiary/aromatic N) is 1. The molecule has 23 heavy (non-hydrogen) atoms. The number of hydrogen-bond acceptors (Lipinski definition) is 2. The maximum atomic E-state index is 5.35. The van der Waals surface area contributed by atoms with E-state index in [0.29, 0.717) is 0 Å². The molecule has 4 heteroatoms. The zero-order valence-electron chi connectivity index (χ0n) is 14.0. The number of benzene rings is 1. The minimum Gasteiger partial charge on any atom is -0.497 e. The van der Waals surface area contributed by atoms with Gasteiger partial charge in [0.15, 0.2) is 0 Å². The van der Waals surface area contributed by atoms with E-state index in [-0.39, 0.29) is 0 Å². The molecule has 0 spiro atoms. The predicted molar refractivity (Wildman–Crippen MR) is 92.8 cm³/mol. The van der Waals surface area contributed by atoms with Crippen LogP contribution in [0.1, 0.15) is 22.6 Å². The SMILES string of the molecule is COc1ccc2[nH]c(C)c(CC[NH2+]Cc3cccc(C)n3)c2c1. The topological polar surface area (TPSA) is 54.5 Å². The van der Waals surface area contributed by atoms with Crippen molar-refractivity contribution in [1.29, 1.82) is 0 Å². The van der Waals surface area contributed by atoms with Gasteiger partial charge in [0.2, 0.25) is 0 Å². The first-order chi connectivity index (χ1) is 11.2. The van der Waals surface area contributed by atoms with E-state index in [2.05, 4.69) is 46.5 Å². The van der Waals surface area contributed by atoms with Crippen LogP contribution in [0.2, 0.25) is 0 Å². The van der Waals surface area contributed by atoms with Crippen molar-refractivity contribution in [3.8, 4) is 5.75 Å². The summed E-state index contributed by atoms with van der Waals surface area (Å²) in [6.07, 6.45) is 1.03. The second-order valence-electron chi connectivity index (χ2n) is 5.94. The molecule has 0 fully saturated rings. The van der Waals surface area contributed by atoms with Gasteiger partial charge in [0, 0.05) is 28.7 Å². The Morgan fingerprint density at radius 1 is 1.17 bits per heavy atom. The number of H-pyrrole nitrogens is 1. The fourth-order valence-corrected chi connectivity index (χ4v) is 3.02. The number of nitrogens with one attached hydrogen (secondary N) is 1. The molecule has 0 saturated carbocycles. The highest BCUT2D eigenvalue weighted by molar-refractivity contribution is 5.86. The lowest BCUT2D eigenvalue weighted by Gasteiger charge is -2.04. The van der Waals surface area contributed by atoms with Crippen LogP contribution < -0.4 is 10.1 Å². The number of ether oxygens (including phenoxy) is 1. The minimum atomic E-state index is 0.908. The molecule has 0 aliphatic heterocycles. The fourth-order valence-electron chi connectivity index (χ4n) is 3.02. The van der Waals surface area contributed by atoms with Crippen LogP contribution in [-0.2, 0) is 13.0 Å². The van der Waals surface area contributed by atoms with Crippen molar-refractivity contribution in [2.75, 3.05) is 13.7 Å². The summed E-state index contributed by atoms with van der Waals surface area (Å²) in [6.45, 7) is 6.14. The highest BCUT2D eigenvalue weighted by Crippen LogP contribution is 2.26. The Bertz CT molecular complexity index is 807. The van der Waals surface area contributed by atoms with Gasteiger partial charge in [0.1, 0.15) is 12.3 Å². The first-order valence-corrected chi connectivity index (χ1v) is 8.07. The summed E-state index contributed by atoms with van der Waals surface area (Å²) in [5, 5.41) is 3.59. The number of aryl methyl sites for hydroxylation is 2. The third-order valence-electron chi connectivity index (χ3n) is 4.22. The molecule has 0 aliphatic rings. The largest absolute Gasteiger partial charge is 0.497 e. The van der Waals surface area contributed by atoms with E-state index < -0.39 is 0 Å². The van der Waals surface area contributed by atoms with Crippen LogP contribution in [0, 0.1) is 13.8 Å². The van der Waals surface area contributed by atoms with Crippen LogP contribution in [-0.4, -0.2) is 23.6 Å². The van der Waals surface area contributed by atoms with Crippen molar-refractivity contribution < 1.29 is 10.1 Å². The van der Waals surface area contributed by atoms with Crippen LogP contribution in [0.3, 0.4) is 0 Å². The minimum absolute atomic E-state index is 0.908. The number of quaternary nitrogens is 1. The highest BCUT2D eigenvalue weighted by Gasteiger charge is 2.10. The molecule has 3 aromatic rings. The third kappa shape index (κ3) is 3.54. The van der Waals surface area contributed by atoms with E-state index in [1.54, 1.807) is 7.11 Å². The Hall–Kier alpha value is -2.33. The van der Waals surface area contributed by atoms with E-state index in [1.165, 1.54) is 22.2 Å². The summed E-state index contributed by atoms with van der Waals surface area (Å²) >= 11 is 0. The number of rotatable bonds is 6. The molecule has 0 aliphatic carbocycles. The molecule has 3 rings (SSSR count). The summed E-state index contributed by atoms with van der Waals surface area (Å²) < 4.78 is 5.35. The Labute approximate surface area is 136 Å². The molecule has 0 radical (unpaired) electrons. The Kier molecular flexibility index (Phi) is 4.63. The summed E-state index contributed by atoms with van der Waals surface area (Å²) in [4.78, 5) is 8.01. The van der Waals surface area contributed by atoms with Gasteiger partial charge in [-0.15, -0.1) is 0 Å². The van der Waals surface area contributed by atoms with Crippen molar-refractivity contribution in [2.45, 2.75) is 26.8 Å². The van der Waals surface area contributed by atoms with Gasteiger partial charge in [-0.1, -0.05) is 6.07 Å². The normalized spacial score (nSPS) is 11.1. The summed E-state index contributed by atoms with van der Waals surface area (Å²) in [6, 6.07) is 12.4. The number of aromatic nitrogens is 2. The fraction of sp³-hybridized carbons (Fsp3) is 0.316. The Balaban J connectivity index is 1.66. The summed E-state index contributed by atoms with van der Waals surface area (Å²) in [7, 11) is 1.71. The maximum absolute atomic E-state index is 5.35. The van der Waals surface area contributed by atoms with Crippen LogP contribution in [0.15, 0.2) is 36.4 Å². The second kappa shape index (κ2) is 6.84. The molecule has 2 aromatic heterocycles. The molecule has 0 atom stereocenters. The summed E-state index contributed by atoms with van der Waals surface area (Å²) in [5.41, 5.74) is 6.03. The van der Waals surface area contributed by atoms with Gasteiger partial charge in [-0.3, -0.25) is 4.98 Å². The number of pyridine rings is 1. The molecular formula is C19H24N3O+. The molecule has 0 saturated heterocycles. The maximum Gasteiger partial charge on any atom is 0.119 e. The number of hydrogen-bond donors (Lipinski definition) is 2. The van der Waals surface area contributed by atoms with Crippen LogP contribution >= 0.6 is 0 Å². The number of aromatic amines is 1. The number of fused-ring (bicyclic) bond motifs is 1. The summed E-state index contributed by atoms with van der Waals surface area (Å²) in [5.74, 6) is 0.908. The van der Waals surface area contributed by atoms with Crippen LogP contribution in [0.4, 0.5) is 0 Å². The standard InChI is InChI=1S/C19H23N3O/c1-13-5-4-6-15(21-13)12-20-10-9-17-14(2)22-19-8-7-16(23-3)11-18(17)19/h4-8,11,20,22H,9-10,12H2,1-3H3/p+1. The van der Waals surface area contributed by atoms with E-state index in [1.807, 2.05) is 19.1 Å². The zero-order valence-corrected chi connectivity index (χ0v) is 14.0. The van der Waals surface area contributed by atoms with Gasteiger partial charge in [-0.2, -0.15) is 0 Å². The third-order valence-corrected chi connectivity index (χ3v) is 4.22. The quantitative estimate of drug-likeness (QED) is 0.687. The molecule has 3 N–H and O–H groups in total. The van der Waals surface area contributed by atoms with Gasteiger partial charge in [0.25, 0.3) is 0 Å². The number of nitrogens with two attached hydrogens (primary N) is 1. The first kappa shape index (κ1) is 15.6. The molecule has 0 amide bonds. The zero-order chi connectivity index (χ0) is 16.2. The molecular weight excluding hydrogens is 286 g/mol. The highest BCUT2D eigenvalue weighted by atomic mass is 16.5. The van der Waals surface area contributed by atoms with Gasteiger partial charge in [0.05, 0.1) is 19.3 Å². The molecule has 0 bridgehead atoms.